The van der Waals surface area contributed by atoms with Crippen LogP contribution in [0.3, 0.4) is 0 Å². The molecular formula is C16H22FNO2. The number of rotatable bonds is 4. The minimum atomic E-state index is -0.488. The number of hydrogen-bond acceptors (Lipinski definition) is 3. The second-order valence-corrected chi connectivity index (χ2v) is 5.60. The van der Waals surface area contributed by atoms with Gasteiger partial charge < -0.3 is 4.74 Å². The molecule has 110 valence electrons. The predicted molar refractivity (Wildman–Crippen MR) is 76.7 cm³/mol. The minimum absolute atomic E-state index is 0.0347. The molecule has 1 aromatic carbocycles. The van der Waals surface area contributed by atoms with Crippen molar-refractivity contribution in [2.75, 3.05) is 20.2 Å². The van der Waals surface area contributed by atoms with E-state index in [0.29, 0.717) is 24.1 Å². The molecule has 0 N–H and O–H groups in total. The number of methoxy groups -OCH3 is 1. The lowest BCUT2D eigenvalue weighted by Gasteiger charge is -2.37. The van der Waals surface area contributed by atoms with Gasteiger partial charge in [-0.15, -0.1) is 0 Å². The maximum absolute atomic E-state index is 13.6. The maximum Gasteiger partial charge on any atom is 0.176 e. The first kappa shape index (κ1) is 15.0. The van der Waals surface area contributed by atoms with E-state index in [4.69, 9.17) is 4.74 Å². The summed E-state index contributed by atoms with van der Waals surface area (Å²) in [6.45, 7) is 5.67. The van der Waals surface area contributed by atoms with E-state index in [-0.39, 0.29) is 11.5 Å². The van der Waals surface area contributed by atoms with Gasteiger partial charge in [0.25, 0.3) is 0 Å². The van der Waals surface area contributed by atoms with E-state index < -0.39 is 5.82 Å². The Balaban J connectivity index is 2.06. The fourth-order valence-electron chi connectivity index (χ4n) is 2.76. The highest BCUT2D eigenvalue weighted by Crippen LogP contribution is 2.23. The molecule has 2 rings (SSSR count). The predicted octanol–water partition coefficient (Wildman–Crippen LogP) is 3.14. The number of carbonyl (C=O) groups excluding carboxylic acids is 1. The Labute approximate surface area is 119 Å². The van der Waals surface area contributed by atoms with Crippen molar-refractivity contribution in [3.8, 4) is 5.75 Å². The van der Waals surface area contributed by atoms with Crippen molar-refractivity contribution in [1.29, 1.82) is 0 Å². The van der Waals surface area contributed by atoms with Crippen LogP contribution in [0.5, 0.6) is 5.75 Å². The zero-order chi connectivity index (χ0) is 14.7. The fraction of sp³-hybridized carbons (Fsp3) is 0.562. The number of ketones is 1. The number of halogens is 1. The molecular weight excluding hydrogens is 257 g/mol. The molecule has 0 bridgehead atoms. The highest BCUT2D eigenvalue weighted by atomic mass is 19.1. The van der Waals surface area contributed by atoms with Gasteiger partial charge in [-0.3, -0.25) is 9.69 Å². The third-order valence-electron chi connectivity index (χ3n) is 4.32. The van der Waals surface area contributed by atoms with Crippen molar-refractivity contribution in [3.63, 3.8) is 0 Å². The van der Waals surface area contributed by atoms with Gasteiger partial charge in [0.2, 0.25) is 0 Å². The Morgan fingerprint density at radius 3 is 2.85 bits per heavy atom. The summed E-state index contributed by atoms with van der Waals surface area (Å²) in [4.78, 5) is 14.5. The van der Waals surface area contributed by atoms with Crippen LogP contribution in [0.2, 0.25) is 0 Å². The lowest BCUT2D eigenvalue weighted by molar-refractivity contribution is 0.0779. The Morgan fingerprint density at radius 2 is 2.20 bits per heavy atom. The smallest absolute Gasteiger partial charge is 0.176 e. The zero-order valence-electron chi connectivity index (χ0n) is 12.4. The molecule has 2 atom stereocenters. The van der Waals surface area contributed by atoms with Gasteiger partial charge >= 0.3 is 0 Å². The van der Waals surface area contributed by atoms with Gasteiger partial charge in [-0.25, -0.2) is 4.39 Å². The quantitative estimate of drug-likeness (QED) is 0.793. The Bertz CT molecular complexity index is 489. The Kier molecular flexibility index (Phi) is 4.76. The molecule has 0 aromatic heterocycles. The summed E-state index contributed by atoms with van der Waals surface area (Å²) >= 11 is 0. The molecule has 3 nitrogen and oxygen atoms in total. The van der Waals surface area contributed by atoms with Crippen LogP contribution in [0.15, 0.2) is 18.2 Å². The van der Waals surface area contributed by atoms with Crippen molar-refractivity contribution in [1.82, 2.24) is 4.90 Å². The van der Waals surface area contributed by atoms with Gasteiger partial charge in [0.15, 0.2) is 17.3 Å². The van der Waals surface area contributed by atoms with Crippen molar-refractivity contribution in [2.45, 2.75) is 32.7 Å². The summed E-state index contributed by atoms with van der Waals surface area (Å²) in [6, 6.07) is 4.79. The molecule has 4 heteroatoms. The summed E-state index contributed by atoms with van der Waals surface area (Å²) in [5, 5.41) is 0. The van der Waals surface area contributed by atoms with Gasteiger partial charge in [0.05, 0.1) is 13.7 Å². The van der Waals surface area contributed by atoms with Gasteiger partial charge in [-0.1, -0.05) is 6.92 Å². The first-order chi connectivity index (χ1) is 9.52. The lowest BCUT2D eigenvalue weighted by Crippen LogP contribution is -2.44. The van der Waals surface area contributed by atoms with E-state index in [0.717, 1.165) is 13.0 Å². The molecule has 0 spiro atoms. The summed E-state index contributed by atoms with van der Waals surface area (Å²) in [6.07, 6.45) is 2.33. The number of carbonyl (C=O) groups is 1. The molecule has 1 heterocycles. The largest absolute Gasteiger partial charge is 0.494 e. The van der Waals surface area contributed by atoms with Gasteiger partial charge in [0, 0.05) is 11.6 Å². The molecule has 0 aliphatic carbocycles. The lowest BCUT2D eigenvalue weighted by atomic mass is 9.91. The Hall–Kier alpha value is -1.42. The number of piperidine rings is 1. The fourth-order valence-corrected chi connectivity index (χ4v) is 2.76. The number of hydrogen-bond donors (Lipinski definition) is 0. The van der Waals surface area contributed by atoms with Crippen LogP contribution in [-0.4, -0.2) is 36.9 Å². The number of likely N-dealkylation sites (tertiary alicyclic amines) is 1. The summed E-state index contributed by atoms with van der Waals surface area (Å²) < 4.78 is 18.5. The van der Waals surface area contributed by atoms with Crippen molar-refractivity contribution >= 4 is 5.78 Å². The van der Waals surface area contributed by atoms with Crippen molar-refractivity contribution < 1.29 is 13.9 Å². The molecule has 1 saturated heterocycles. The Morgan fingerprint density at radius 1 is 1.45 bits per heavy atom. The SMILES string of the molecule is COc1ccc(C(=O)CN2CCCC(C)C2C)cc1F. The first-order valence-electron chi connectivity index (χ1n) is 7.13. The molecule has 0 amide bonds. The molecule has 20 heavy (non-hydrogen) atoms. The third kappa shape index (κ3) is 3.18. The minimum Gasteiger partial charge on any atom is -0.494 e. The molecule has 1 fully saturated rings. The van der Waals surface area contributed by atoms with E-state index in [9.17, 15) is 9.18 Å². The molecule has 0 saturated carbocycles. The molecule has 1 aliphatic rings. The summed E-state index contributed by atoms with van der Waals surface area (Å²) in [5.74, 6) is 0.247. The maximum atomic E-state index is 13.6. The monoisotopic (exact) mass is 279 g/mol. The van der Waals surface area contributed by atoms with E-state index in [1.807, 2.05) is 0 Å². The van der Waals surface area contributed by atoms with E-state index in [1.165, 1.54) is 25.7 Å². The highest BCUT2D eigenvalue weighted by molar-refractivity contribution is 5.97. The zero-order valence-corrected chi connectivity index (χ0v) is 12.4. The van der Waals surface area contributed by atoms with Crippen LogP contribution in [0.1, 0.15) is 37.0 Å². The van der Waals surface area contributed by atoms with E-state index >= 15 is 0 Å². The highest BCUT2D eigenvalue weighted by Gasteiger charge is 2.26. The molecule has 1 aromatic rings. The van der Waals surface area contributed by atoms with Crippen molar-refractivity contribution in [3.05, 3.63) is 29.6 Å². The summed E-state index contributed by atoms with van der Waals surface area (Å²) in [7, 11) is 1.41. The average Bonchev–Trinajstić information content (AvgIpc) is 2.43. The van der Waals surface area contributed by atoms with Crippen LogP contribution < -0.4 is 4.74 Å². The topological polar surface area (TPSA) is 29.5 Å². The average molecular weight is 279 g/mol. The van der Waals surface area contributed by atoms with Crippen LogP contribution in [0.4, 0.5) is 4.39 Å². The van der Waals surface area contributed by atoms with Gasteiger partial charge in [-0.2, -0.15) is 0 Å². The van der Waals surface area contributed by atoms with Crippen molar-refractivity contribution in [2.24, 2.45) is 5.92 Å². The number of ether oxygens (including phenoxy) is 1. The summed E-state index contributed by atoms with van der Waals surface area (Å²) in [5.41, 5.74) is 0.411. The second kappa shape index (κ2) is 6.35. The number of Topliss-reactive ketones (excluding diaryl/α,β-unsaturated/α-hetero) is 1. The van der Waals surface area contributed by atoms with Gasteiger partial charge in [0.1, 0.15) is 0 Å². The van der Waals surface area contributed by atoms with Gasteiger partial charge in [-0.05, 0) is 50.4 Å². The van der Waals surface area contributed by atoms with E-state index in [1.54, 1.807) is 6.07 Å². The normalized spacial score (nSPS) is 23.6. The number of benzene rings is 1. The van der Waals surface area contributed by atoms with Crippen LogP contribution in [-0.2, 0) is 0 Å². The van der Waals surface area contributed by atoms with Crippen LogP contribution >= 0.6 is 0 Å². The number of nitrogens with zero attached hydrogens (tertiary/aromatic N) is 1. The molecule has 2 unspecified atom stereocenters. The molecule has 0 radical (unpaired) electrons. The van der Waals surface area contributed by atoms with Crippen LogP contribution in [0.25, 0.3) is 0 Å². The standard InChI is InChI=1S/C16H22FNO2/c1-11-5-4-8-18(12(11)2)10-15(19)13-6-7-16(20-3)14(17)9-13/h6-7,9,11-12H,4-5,8,10H2,1-3H3. The molecule has 1 aliphatic heterocycles. The van der Waals surface area contributed by atoms with E-state index in [2.05, 4.69) is 18.7 Å². The first-order valence-corrected chi connectivity index (χ1v) is 7.13. The van der Waals surface area contributed by atoms with Crippen LogP contribution in [0, 0.1) is 11.7 Å². The third-order valence-corrected chi connectivity index (χ3v) is 4.32. The second-order valence-electron chi connectivity index (χ2n) is 5.60.